The molecular formula is C41H43Cl2N5O3S. The largest absolute Gasteiger partial charge is 0.497 e. The van der Waals surface area contributed by atoms with Crippen molar-refractivity contribution in [3.63, 3.8) is 0 Å². The number of amides is 1. The number of benzene rings is 4. The van der Waals surface area contributed by atoms with E-state index in [0.29, 0.717) is 45.9 Å². The van der Waals surface area contributed by atoms with E-state index in [9.17, 15) is 14.3 Å². The molecular weight excluding hydrogens is 713 g/mol. The van der Waals surface area contributed by atoms with E-state index in [2.05, 4.69) is 27.0 Å². The van der Waals surface area contributed by atoms with Gasteiger partial charge in [0.15, 0.2) is 0 Å². The molecule has 0 spiro atoms. The highest BCUT2D eigenvalue weighted by Crippen LogP contribution is 2.36. The third-order valence-electron chi connectivity index (χ3n) is 10.2. The lowest BCUT2D eigenvalue weighted by Gasteiger charge is -2.35. The number of halogens is 2. The van der Waals surface area contributed by atoms with E-state index in [1.54, 1.807) is 25.8 Å². The van der Waals surface area contributed by atoms with Gasteiger partial charge in [0.1, 0.15) is 11.6 Å². The predicted molar refractivity (Wildman–Crippen MR) is 209 cm³/mol. The molecule has 2 atom stereocenters. The number of rotatable bonds is 13. The van der Waals surface area contributed by atoms with Crippen molar-refractivity contribution in [2.24, 2.45) is 0 Å². The van der Waals surface area contributed by atoms with Gasteiger partial charge in [-0.15, -0.1) is 0 Å². The van der Waals surface area contributed by atoms with E-state index in [4.69, 9.17) is 27.9 Å². The fourth-order valence-electron chi connectivity index (χ4n) is 7.47. The fourth-order valence-corrected chi connectivity index (χ4v) is 8.63. The van der Waals surface area contributed by atoms with E-state index in [-0.39, 0.29) is 18.4 Å². The van der Waals surface area contributed by atoms with Gasteiger partial charge >= 0.3 is 0 Å². The number of piperidine rings is 1. The van der Waals surface area contributed by atoms with Gasteiger partial charge in [-0.25, -0.2) is 4.98 Å². The van der Waals surface area contributed by atoms with Gasteiger partial charge in [-0.1, -0.05) is 66.5 Å². The van der Waals surface area contributed by atoms with Crippen LogP contribution in [0.15, 0.2) is 84.0 Å². The first kappa shape index (κ1) is 37.6. The Bertz CT molecular complexity index is 2110. The standard InChI is InChI=1S/C41H43Cl2N5O3S/c1-4-33-31(24-44)21-29-7-5-6-8-35(29)40(33)41(49)48(26-39-45-16-17-46-39)25-30(28-9-12-36(42)37(43)22-28)15-20-47-18-13-27(14-19-47)34-11-10-32(51-2)23-38(34)52(3)50/h5-12,16-17,21-23,27,30H,4,13-15,18-20,25-26H2,1-3H3,(H,45,46)/t30-,52-/m1/s1. The van der Waals surface area contributed by atoms with Gasteiger partial charge in [0, 0.05) is 36.0 Å². The third-order valence-corrected chi connectivity index (χ3v) is 11.9. The molecule has 0 saturated carbocycles. The summed E-state index contributed by atoms with van der Waals surface area (Å²) in [5.74, 6) is 1.50. The van der Waals surface area contributed by atoms with E-state index in [1.165, 1.54) is 0 Å². The van der Waals surface area contributed by atoms with Crippen molar-refractivity contribution in [3.05, 3.63) is 123 Å². The Hall–Kier alpha value is -4.20. The fraction of sp³-hybridized carbons (Fsp3) is 0.341. The van der Waals surface area contributed by atoms with Gasteiger partial charge in [0.2, 0.25) is 0 Å². The van der Waals surface area contributed by atoms with Crippen LogP contribution in [0.3, 0.4) is 0 Å². The number of ether oxygens (including phenoxy) is 1. The van der Waals surface area contributed by atoms with E-state index in [1.807, 2.05) is 72.5 Å². The van der Waals surface area contributed by atoms with Gasteiger partial charge in [0.05, 0.1) is 51.7 Å². The second kappa shape index (κ2) is 17.1. The van der Waals surface area contributed by atoms with Crippen molar-refractivity contribution in [3.8, 4) is 11.8 Å². The molecule has 0 bridgehead atoms. The smallest absolute Gasteiger partial charge is 0.255 e. The monoisotopic (exact) mass is 755 g/mol. The van der Waals surface area contributed by atoms with Crippen LogP contribution in [-0.2, 0) is 23.8 Å². The van der Waals surface area contributed by atoms with Crippen LogP contribution in [0.25, 0.3) is 10.8 Å². The molecule has 1 N–H and O–H groups in total. The van der Waals surface area contributed by atoms with Crippen LogP contribution in [0, 0.1) is 11.3 Å². The number of H-pyrrole nitrogens is 1. The topological polar surface area (TPSA) is 102 Å². The van der Waals surface area contributed by atoms with Crippen LogP contribution >= 0.6 is 23.2 Å². The number of nitriles is 1. The summed E-state index contributed by atoms with van der Waals surface area (Å²) in [4.78, 5) is 27.7. The number of hydrogen-bond donors (Lipinski definition) is 1. The lowest BCUT2D eigenvalue weighted by atomic mass is 9.88. The summed E-state index contributed by atoms with van der Waals surface area (Å²) in [7, 11) is 0.515. The van der Waals surface area contributed by atoms with Crippen LogP contribution in [0.5, 0.6) is 5.75 Å². The molecule has 1 aromatic heterocycles. The third kappa shape index (κ3) is 8.37. The molecule has 4 aromatic carbocycles. The van der Waals surface area contributed by atoms with Crippen molar-refractivity contribution in [1.82, 2.24) is 19.8 Å². The normalized spacial score (nSPS) is 14.9. The van der Waals surface area contributed by atoms with Crippen molar-refractivity contribution in [1.29, 1.82) is 5.26 Å². The number of carbonyl (C=O) groups excluding carboxylic acids is 1. The zero-order valence-electron chi connectivity index (χ0n) is 29.7. The summed E-state index contributed by atoms with van der Waals surface area (Å²) in [6, 6.07) is 23.6. The first-order chi connectivity index (χ1) is 25.2. The zero-order chi connectivity index (χ0) is 36.8. The molecule has 0 radical (unpaired) electrons. The van der Waals surface area contributed by atoms with Crippen molar-refractivity contribution in [2.45, 2.75) is 55.9 Å². The molecule has 1 aliphatic heterocycles. The van der Waals surface area contributed by atoms with Crippen LogP contribution in [0.1, 0.15) is 76.5 Å². The summed E-state index contributed by atoms with van der Waals surface area (Å²) in [5, 5.41) is 12.7. The van der Waals surface area contributed by atoms with Crippen LogP contribution in [0.4, 0.5) is 0 Å². The zero-order valence-corrected chi connectivity index (χ0v) is 32.0. The summed E-state index contributed by atoms with van der Waals surface area (Å²) < 4.78 is 18.0. The first-order valence-electron chi connectivity index (χ1n) is 17.6. The van der Waals surface area contributed by atoms with Crippen molar-refractivity contribution >= 4 is 50.7 Å². The average molecular weight is 757 g/mol. The number of imidazole rings is 1. The molecule has 1 fully saturated rings. The molecule has 8 nitrogen and oxygen atoms in total. The minimum atomic E-state index is -1.11. The molecule has 5 aromatic rings. The second-order valence-corrected chi connectivity index (χ2v) is 15.5. The number of nitrogens with zero attached hydrogens (tertiary/aromatic N) is 4. The number of nitrogens with one attached hydrogen (secondary N) is 1. The molecule has 270 valence electrons. The summed E-state index contributed by atoms with van der Waals surface area (Å²) in [5.41, 5.74) is 3.96. The molecule has 1 amide bonds. The lowest BCUT2D eigenvalue weighted by Crippen LogP contribution is -2.38. The minimum Gasteiger partial charge on any atom is -0.497 e. The Balaban J connectivity index is 1.28. The molecule has 1 aliphatic rings. The quantitative estimate of drug-likeness (QED) is 0.129. The molecule has 1 saturated heterocycles. The van der Waals surface area contributed by atoms with Crippen molar-refractivity contribution in [2.75, 3.05) is 39.5 Å². The Morgan fingerprint density at radius 1 is 1.12 bits per heavy atom. The van der Waals surface area contributed by atoms with E-state index >= 15 is 0 Å². The summed E-state index contributed by atoms with van der Waals surface area (Å²) >= 11 is 13.0. The minimum absolute atomic E-state index is 0.0717. The van der Waals surface area contributed by atoms with Gasteiger partial charge in [-0.05, 0) is 109 Å². The number of hydrogen-bond acceptors (Lipinski definition) is 6. The number of carbonyl (C=O) groups is 1. The average Bonchev–Trinajstić information content (AvgIpc) is 3.69. The Morgan fingerprint density at radius 3 is 2.58 bits per heavy atom. The molecule has 0 unspecified atom stereocenters. The van der Waals surface area contributed by atoms with Gasteiger partial charge in [-0.3, -0.25) is 9.00 Å². The second-order valence-electron chi connectivity index (χ2n) is 13.3. The lowest BCUT2D eigenvalue weighted by molar-refractivity contribution is 0.0723. The number of likely N-dealkylation sites (tertiary alicyclic amines) is 1. The van der Waals surface area contributed by atoms with Gasteiger partial charge in [0.25, 0.3) is 5.91 Å². The van der Waals surface area contributed by atoms with Crippen molar-refractivity contribution < 1.29 is 13.7 Å². The predicted octanol–water partition coefficient (Wildman–Crippen LogP) is 8.75. The highest BCUT2D eigenvalue weighted by Gasteiger charge is 2.29. The highest BCUT2D eigenvalue weighted by molar-refractivity contribution is 7.84. The summed E-state index contributed by atoms with van der Waals surface area (Å²) in [6.45, 7) is 5.29. The van der Waals surface area contributed by atoms with Crippen LogP contribution in [0.2, 0.25) is 10.0 Å². The first-order valence-corrected chi connectivity index (χ1v) is 19.9. The maximum atomic E-state index is 14.9. The SMILES string of the molecule is CCc1c(C#N)cc2ccccc2c1C(=O)N(Cc1ncc[nH]1)C[C@@H](CCN1CCC(c2ccc(OC)cc2[S@@](C)=O)CC1)c1ccc(Cl)c(Cl)c1. The van der Waals surface area contributed by atoms with Gasteiger partial charge in [-0.2, -0.15) is 5.26 Å². The number of aromatic amines is 1. The molecule has 2 heterocycles. The Kier molecular flexibility index (Phi) is 12.3. The number of methoxy groups -OCH3 is 1. The maximum Gasteiger partial charge on any atom is 0.255 e. The van der Waals surface area contributed by atoms with E-state index in [0.717, 1.165) is 77.0 Å². The van der Waals surface area contributed by atoms with E-state index < -0.39 is 10.8 Å². The van der Waals surface area contributed by atoms with Gasteiger partial charge < -0.3 is 19.5 Å². The Morgan fingerprint density at radius 2 is 1.90 bits per heavy atom. The highest BCUT2D eigenvalue weighted by atomic mass is 35.5. The summed E-state index contributed by atoms with van der Waals surface area (Å²) in [6.07, 6.45) is 8.40. The molecule has 52 heavy (non-hydrogen) atoms. The Labute approximate surface area is 318 Å². The number of aromatic nitrogens is 2. The molecule has 11 heteroatoms. The molecule has 6 rings (SSSR count). The van der Waals surface area contributed by atoms with Crippen LogP contribution in [-0.4, -0.2) is 69.4 Å². The molecule has 0 aliphatic carbocycles. The van der Waals surface area contributed by atoms with Crippen LogP contribution < -0.4 is 4.74 Å². The maximum absolute atomic E-state index is 14.9. The number of fused-ring (bicyclic) bond motifs is 1.